The number of hydrogen-bond donors (Lipinski definition) is 0. The Balaban J connectivity index is 1.74. The number of fused-ring (bicyclic) bond motifs is 4. The van der Waals surface area contributed by atoms with Gasteiger partial charge in [-0.2, -0.15) is 0 Å². The van der Waals surface area contributed by atoms with Gasteiger partial charge < -0.3 is 0 Å². The highest BCUT2D eigenvalue weighted by Crippen LogP contribution is 2.44. The molecule has 186 valence electrons. The molecule has 0 saturated carbocycles. The van der Waals surface area contributed by atoms with Crippen LogP contribution in [0.1, 0.15) is 35.6 Å². The minimum atomic E-state index is -1.07. The average molecular weight is 533 g/mol. The molecule has 0 nitrogen and oxygen atoms in total. The molecule has 8 rings (SSSR count). The van der Waals surface area contributed by atoms with Crippen molar-refractivity contribution in [1.29, 1.82) is 0 Å². The predicted octanol–water partition coefficient (Wildman–Crippen LogP) is 11.3. The maximum Gasteiger partial charge on any atom is 0.0636 e. The largest absolute Gasteiger partial charge is 0.0636 e. The third-order valence-electron chi connectivity index (χ3n) is 6.31. The first kappa shape index (κ1) is 8.65. The first-order valence-corrected chi connectivity index (χ1v) is 11.8. The zero-order valence-corrected chi connectivity index (χ0v) is 20.0. The van der Waals surface area contributed by atoms with Crippen LogP contribution in [0, 0.1) is 0 Å². The smallest absolute Gasteiger partial charge is 0.0616 e. The van der Waals surface area contributed by atoms with Crippen LogP contribution >= 0.6 is 0 Å². The van der Waals surface area contributed by atoms with Gasteiger partial charge in [-0.25, -0.2) is 0 Å². The van der Waals surface area contributed by atoms with Crippen LogP contribution in [0.2, 0.25) is 0 Å². The van der Waals surface area contributed by atoms with Crippen molar-refractivity contribution >= 4 is 43.1 Å². The van der Waals surface area contributed by atoms with Crippen molar-refractivity contribution in [3.8, 4) is 33.4 Å². The summed E-state index contributed by atoms with van der Waals surface area (Å²) in [5.41, 5.74) is -4.69. The lowest BCUT2D eigenvalue weighted by molar-refractivity contribution is 1.63. The lowest BCUT2D eigenvalue weighted by Gasteiger charge is -2.18. The summed E-state index contributed by atoms with van der Waals surface area (Å²) in [7, 11) is 0. The van der Waals surface area contributed by atoms with Gasteiger partial charge in [0.25, 0.3) is 0 Å². The molecular weight excluding hydrogens is 480 g/mol. The molecule has 0 aromatic heterocycles. The van der Waals surface area contributed by atoms with Crippen LogP contribution in [0.15, 0.2) is 157 Å². The molecule has 0 aliphatic heterocycles. The lowest BCUT2D eigenvalue weighted by Crippen LogP contribution is -1.91. The molecule has 8 aromatic carbocycles. The molecule has 0 atom stereocenters. The van der Waals surface area contributed by atoms with Crippen LogP contribution in [-0.2, 0) is 0 Å². The van der Waals surface area contributed by atoms with E-state index in [9.17, 15) is 11.0 Å². The number of rotatable bonds is 3. The second-order valence-electron chi connectivity index (χ2n) is 8.50. The van der Waals surface area contributed by atoms with Crippen LogP contribution in [0.5, 0.6) is 0 Å². The summed E-state index contributed by atoms with van der Waals surface area (Å²) in [5.74, 6) is 0. The van der Waals surface area contributed by atoms with E-state index in [0.29, 0.717) is 0 Å². The van der Waals surface area contributed by atoms with E-state index in [0.717, 1.165) is 0 Å². The summed E-state index contributed by atoms with van der Waals surface area (Å²) >= 11 is 0. The Morgan fingerprint density at radius 1 is 0.300 bits per heavy atom. The van der Waals surface area contributed by atoms with Gasteiger partial charge in [0, 0.05) is 0 Å². The highest BCUT2D eigenvalue weighted by Gasteiger charge is 2.17. The fraction of sp³-hybridized carbons (Fsp3) is 0. The molecule has 0 radical (unpaired) electrons. The van der Waals surface area contributed by atoms with Crippen molar-refractivity contribution in [2.24, 2.45) is 0 Å². The van der Waals surface area contributed by atoms with Crippen molar-refractivity contribution in [1.82, 2.24) is 0 Å². The van der Waals surface area contributed by atoms with Crippen LogP contribution in [0.3, 0.4) is 0 Å². The standard InChI is InChI=1S/C40H26/c1-2-13-29-25-32(24-23-27(29)11-1)40-37-20-7-5-18-35(37)39(36-19-6-8-21-38(36)40)31-16-9-15-30(26-31)34-22-10-14-28-12-3-4-17-33(28)34/h1-26H/i1D,2D,3D,4D,5D,6D,7D,8D,9D,10D,11D,12D,13D,14D,15D,16D,17D,18D,19D,20D,21D,22D,23D,24D,25D,26D. The molecule has 0 heteroatoms. The Morgan fingerprint density at radius 3 is 1.45 bits per heavy atom. The predicted molar refractivity (Wildman–Crippen MR) is 173 cm³/mol. The van der Waals surface area contributed by atoms with Gasteiger partial charge >= 0.3 is 0 Å². The van der Waals surface area contributed by atoms with Crippen LogP contribution in [-0.4, -0.2) is 0 Å². The zero-order valence-electron chi connectivity index (χ0n) is 46.0. The topological polar surface area (TPSA) is 0 Å². The van der Waals surface area contributed by atoms with Gasteiger partial charge in [0.15, 0.2) is 0 Å². The Morgan fingerprint density at radius 2 is 0.775 bits per heavy atom. The van der Waals surface area contributed by atoms with Crippen LogP contribution in [0.25, 0.3) is 76.5 Å². The van der Waals surface area contributed by atoms with Gasteiger partial charge in [0.05, 0.1) is 35.6 Å². The van der Waals surface area contributed by atoms with Gasteiger partial charge in [0.1, 0.15) is 0 Å². The van der Waals surface area contributed by atoms with E-state index in [-0.39, 0.29) is 0 Å². The van der Waals surface area contributed by atoms with Gasteiger partial charge in [0.2, 0.25) is 0 Å². The Kier molecular flexibility index (Phi) is 1.99. The van der Waals surface area contributed by atoms with Crippen molar-refractivity contribution in [2.45, 2.75) is 0 Å². The Hall–Kier alpha value is -5.20. The highest BCUT2D eigenvalue weighted by molar-refractivity contribution is 6.22. The fourth-order valence-electron chi connectivity index (χ4n) is 4.62. The molecule has 0 fully saturated rings. The summed E-state index contributed by atoms with van der Waals surface area (Å²) in [5, 5.41) is -5.39. The molecule has 40 heavy (non-hydrogen) atoms. The summed E-state index contributed by atoms with van der Waals surface area (Å²) in [6.07, 6.45) is 0. The molecule has 0 N–H and O–H groups in total. The molecule has 0 spiro atoms. The van der Waals surface area contributed by atoms with Gasteiger partial charge in [-0.1, -0.05) is 145 Å². The fourth-order valence-corrected chi connectivity index (χ4v) is 4.62. The second-order valence-corrected chi connectivity index (χ2v) is 8.50. The third-order valence-corrected chi connectivity index (χ3v) is 6.31. The maximum atomic E-state index is 9.74. The van der Waals surface area contributed by atoms with E-state index in [2.05, 4.69) is 0 Å². The molecule has 0 saturated heterocycles. The van der Waals surface area contributed by atoms with E-state index in [4.69, 9.17) is 24.7 Å². The number of hydrogen-bond acceptors (Lipinski definition) is 0. The van der Waals surface area contributed by atoms with E-state index in [1.54, 1.807) is 0 Å². The second kappa shape index (κ2) is 9.22. The van der Waals surface area contributed by atoms with E-state index < -0.39 is 234 Å². The molecular formula is C40H26. The Labute approximate surface area is 270 Å². The minimum Gasteiger partial charge on any atom is -0.0616 e. The van der Waals surface area contributed by atoms with Gasteiger partial charge in [-0.15, -0.1) is 0 Å². The quantitative estimate of drug-likeness (QED) is 0.198. The lowest BCUT2D eigenvalue weighted by atomic mass is 9.85. The highest BCUT2D eigenvalue weighted by atomic mass is 14.2. The average Bonchev–Trinajstić information content (AvgIpc) is 3.28. The summed E-state index contributed by atoms with van der Waals surface area (Å²) in [6, 6.07) is -24.3. The minimum absolute atomic E-state index is 0.571. The van der Waals surface area contributed by atoms with Crippen LogP contribution < -0.4 is 0 Å². The monoisotopic (exact) mass is 532 g/mol. The van der Waals surface area contributed by atoms with Crippen molar-refractivity contribution in [3.63, 3.8) is 0 Å². The van der Waals surface area contributed by atoms with Gasteiger partial charge in [-0.3, -0.25) is 0 Å². The van der Waals surface area contributed by atoms with E-state index in [1.807, 2.05) is 0 Å². The van der Waals surface area contributed by atoms with Crippen molar-refractivity contribution in [3.05, 3.63) is 157 Å². The molecule has 8 aromatic rings. The van der Waals surface area contributed by atoms with E-state index in [1.165, 1.54) is 0 Å². The molecule has 0 amide bonds. The number of benzene rings is 8. The summed E-state index contributed by atoms with van der Waals surface area (Å²) in [4.78, 5) is 0. The molecule has 0 unspecified atom stereocenters. The summed E-state index contributed by atoms with van der Waals surface area (Å²) in [6.45, 7) is 0. The molecule has 0 bridgehead atoms. The Bertz CT molecular complexity index is 3560. The zero-order chi connectivity index (χ0) is 49.1. The first-order valence-electron chi connectivity index (χ1n) is 24.8. The van der Waals surface area contributed by atoms with Crippen molar-refractivity contribution in [2.75, 3.05) is 0 Å². The molecule has 0 aliphatic carbocycles. The normalized spacial score (nSPS) is 20.6. The van der Waals surface area contributed by atoms with Gasteiger partial charge in [-0.05, 0) is 88.6 Å². The summed E-state index contributed by atoms with van der Waals surface area (Å²) < 4.78 is 231. The van der Waals surface area contributed by atoms with E-state index >= 15 is 0 Å². The molecule has 0 aliphatic rings. The van der Waals surface area contributed by atoms with Crippen molar-refractivity contribution < 1.29 is 35.6 Å². The third kappa shape index (κ3) is 3.61. The maximum absolute atomic E-state index is 9.74. The molecule has 0 heterocycles. The van der Waals surface area contributed by atoms with Crippen LogP contribution in [0.4, 0.5) is 0 Å². The first-order chi connectivity index (χ1) is 30.7. The SMILES string of the molecule is [2H]c1c([2H])c(-c2c([2H])c([2H])c([2H])c3c([2H])c([2H])c([2H])c([2H])c23)c([2H])c(-c2c3c([2H])c([2H])c([2H])c([2H])c3c(-c3c([2H])c([2H])c4c([2H])c([2H])c([2H])c([2H])c4c3[2H])c3c([2H])c([2H])c([2H])c([2H])c23)c1[2H].